The number of hydrogen-bond donors (Lipinski definition) is 2. The fourth-order valence-corrected chi connectivity index (χ4v) is 2.15. The van der Waals surface area contributed by atoms with E-state index in [1.165, 1.54) is 11.3 Å². The van der Waals surface area contributed by atoms with Gasteiger partial charge in [0.1, 0.15) is 0 Å². The van der Waals surface area contributed by atoms with Crippen LogP contribution in [0.25, 0.3) is 0 Å². The normalized spacial score (nSPS) is 11.6. The lowest BCUT2D eigenvalue weighted by Crippen LogP contribution is -2.29. The molecule has 0 aliphatic heterocycles. The molecule has 5 heteroatoms. The Hall–Kier alpha value is -0.910. The molecule has 0 bridgehead atoms. The smallest absolute Gasteiger partial charge is 0.275 e. The largest absolute Gasteiger partial charge is 0.371 e. The molecule has 3 N–H and O–H groups in total. The van der Waals surface area contributed by atoms with Crippen LogP contribution in [0.15, 0.2) is 6.07 Å². The van der Waals surface area contributed by atoms with Crippen molar-refractivity contribution in [3.05, 3.63) is 21.4 Å². The van der Waals surface area contributed by atoms with Crippen LogP contribution < -0.4 is 11.3 Å². The van der Waals surface area contributed by atoms with Gasteiger partial charge in [0.05, 0.1) is 17.1 Å². The summed E-state index contributed by atoms with van der Waals surface area (Å²) in [5, 5.41) is 0. The van der Waals surface area contributed by atoms with Crippen LogP contribution in [0.5, 0.6) is 0 Å². The fraction of sp³-hybridized carbons (Fsp3) is 0.583. The van der Waals surface area contributed by atoms with Crippen molar-refractivity contribution in [3.8, 4) is 0 Å². The molecule has 1 rings (SSSR count). The Kier molecular flexibility index (Phi) is 4.68. The highest BCUT2D eigenvalue weighted by atomic mass is 32.1. The first-order valence-corrected chi connectivity index (χ1v) is 6.45. The standard InChI is InChI=1S/C12H20N2O2S/c1-5-12(3,4)16-7-9-6-10(11(15)14-13)17-8(9)2/h6H,5,7,13H2,1-4H3,(H,14,15). The van der Waals surface area contributed by atoms with E-state index in [9.17, 15) is 4.79 Å². The minimum atomic E-state index is -0.251. The van der Waals surface area contributed by atoms with Gasteiger partial charge in [-0.25, -0.2) is 5.84 Å². The third kappa shape index (κ3) is 3.80. The summed E-state index contributed by atoms with van der Waals surface area (Å²) in [4.78, 5) is 13.1. The number of hydrazine groups is 1. The minimum Gasteiger partial charge on any atom is -0.371 e. The van der Waals surface area contributed by atoms with E-state index in [0.717, 1.165) is 16.9 Å². The monoisotopic (exact) mass is 256 g/mol. The first kappa shape index (κ1) is 14.2. The number of nitrogens with two attached hydrogens (primary N) is 1. The third-order valence-corrected chi connectivity index (χ3v) is 3.94. The highest BCUT2D eigenvalue weighted by Gasteiger charge is 2.17. The van der Waals surface area contributed by atoms with Crippen molar-refractivity contribution in [2.45, 2.75) is 46.3 Å². The van der Waals surface area contributed by atoms with Gasteiger partial charge >= 0.3 is 0 Å². The van der Waals surface area contributed by atoms with Crippen molar-refractivity contribution in [1.29, 1.82) is 0 Å². The Labute approximate surface area is 106 Å². The van der Waals surface area contributed by atoms with Crippen LogP contribution in [0.2, 0.25) is 0 Å². The summed E-state index contributed by atoms with van der Waals surface area (Å²) < 4.78 is 5.82. The van der Waals surface area contributed by atoms with Gasteiger partial charge in [0.2, 0.25) is 0 Å². The summed E-state index contributed by atoms with van der Waals surface area (Å²) in [6.45, 7) is 8.72. The van der Waals surface area contributed by atoms with Crippen molar-refractivity contribution >= 4 is 17.2 Å². The second kappa shape index (κ2) is 5.62. The number of nitrogen functional groups attached to an aromatic ring is 1. The summed E-state index contributed by atoms with van der Waals surface area (Å²) in [6, 6.07) is 1.84. The number of amides is 1. The molecule has 0 saturated heterocycles. The molecule has 0 spiro atoms. The Morgan fingerprint density at radius 1 is 1.59 bits per heavy atom. The molecule has 0 aliphatic rings. The number of hydrogen-bond acceptors (Lipinski definition) is 4. The van der Waals surface area contributed by atoms with E-state index >= 15 is 0 Å². The number of carbonyl (C=O) groups excluding carboxylic acids is 1. The molecule has 0 unspecified atom stereocenters. The molecule has 17 heavy (non-hydrogen) atoms. The highest BCUT2D eigenvalue weighted by molar-refractivity contribution is 7.14. The SMILES string of the molecule is CCC(C)(C)OCc1cc(C(=O)NN)sc1C. The van der Waals surface area contributed by atoms with Gasteiger partial charge in [-0.15, -0.1) is 11.3 Å². The first-order chi connectivity index (χ1) is 7.89. The molecule has 0 radical (unpaired) electrons. The molecular weight excluding hydrogens is 236 g/mol. The van der Waals surface area contributed by atoms with E-state index in [-0.39, 0.29) is 11.5 Å². The molecule has 96 valence electrons. The lowest BCUT2D eigenvalue weighted by molar-refractivity contribution is -0.0316. The van der Waals surface area contributed by atoms with Crippen LogP contribution in [-0.2, 0) is 11.3 Å². The van der Waals surface area contributed by atoms with Gasteiger partial charge in [0.15, 0.2) is 0 Å². The molecule has 0 atom stereocenters. The van der Waals surface area contributed by atoms with E-state index in [1.54, 1.807) is 0 Å². The van der Waals surface area contributed by atoms with Crippen LogP contribution in [0.1, 0.15) is 47.3 Å². The van der Waals surface area contributed by atoms with Gasteiger partial charge in [-0.2, -0.15) is 0 Å². The average Bonchev–Trinajstić information content (AvgIpc) is 2.67. The van der Waals surface area contributed by atoms with Crippen LogP contribution in [0, 0.1) is 6.92 Å². The van der Waals surface area contributed by atoms with E-state index in [0.29, 0.717) is 11.5 Å². The number of ether oxygens (including phenoxy) is 1. The third-order valence-electron chi connectivity index (χ3n) is 2.85. The van der Waals surface area contributed by atoms with Crippen molar-refractivity contribution < 1.29 is 9.53 Å². The van der Waals surface area contributed by atoms with E-state index in [4.69, 9.17) is 10.6 Å². The molecule has 0 aromatic carbocycles. The van der Waals surface area contributed by atoms with Gasteiger partial charge in [-0.3, -0.25) is 10.2 Å². The zero-order valence-corrected chi connectivity index (χ0v) is 11.6. The minimum absolute atomic E-state index is 0.134. The molecule has 0 aliphatic carbocycles. The summed E-state index contributed by atoms with van der Waals surface area (Å²) in [6.07, 6.45) is 0.951. The van der Waals surface area contributed by atoms with Gasteiger partial charge < -0.3 is 4.74 Å². The van der Waals surface area contributed by atoms with Gasteiger partial charge in [0.25, 0.3) is 5.91 Å². The van der Waals surface area contributed by atoms with Crippen LogP contribution >= 0.6 is 11.3 Å². The fourth-order valence-electron chi connectivity index (χ4n) is 1.22. The Morgan fingerprint density at radius 2 is 2.24 bits per heavy atom. The number of rotatable bonds is 5. The van der Waals surface area contributed by atoms with Crippen molar-refractivity contribution in [1.82, 2.24) is 5.43 Å². The summed E-state index contributed by atoms with van der Waals surface area (Å²) in [5.74, 6) is 4.85. The second-order valence-corrected chi connectivity index (χ2v) is 5.82. The zero-order chi connectivity index (χ0) is 13.1. The van der Waals surface area contributed by atoms with E-state index in [2.05, 4.69) is 26.2 Å². The van der Waals surface area contributed by atoms with Crippen molar-refractivity contribution in [2.24, 2.45) is 5.84 Å². The number of aryl methyl sites for hydroxylation is 1. The molecule has 1 aromatic heterocycles. The van der Waals surface area contributed by atoms with Gasteiger partial charge in [-0.1, -0.05) is 6.92 Å². The highest BCUT2D eigenvalue weighted by Crippen LogP contribution is 2.24. The van der Waals surface area contributed by atoms with E-state index in [1.807, 2.05) is 13.0 Å². The van der Waals surface area contributed by atoms with Crippen LogP contribution in [-0.4, -0.2) is 11.5 Å². The molecule has 0 saturated carbocycles. The van der Waals surface area contributed by atoms with Crippen molar-refractivity contribution in [3.63, 3.8) is 0 Å². The van der Waals surface area contributed by atoms with Gasteiger partial charge in [0, 0.05) is 4.88 Å². The Balaban J connectivity index is 2.72. The molecule has 1 aromatic rings. The number of nitrogens with one attached hydrogen (secondary N) is 1. The summed E-state index contributed by atoms with van der Waals surface area (Å²) in [5.41, 5.74) is 3.05. The maximum atomic E-state index is 11.4. The Bertz CT molecular complexity index is 399. The second-order valence-electron chi connectivity index (χ2n) is 4.57. The van der Waals surface area contributed by atoms with Gasteiger partial charge in [-0.05, 0) is 38.8 Å². The molecule has 0 fully saturated rings. The molecule has 4 nitrogen and oxygen atoms in total. The van der Waals surface area contributed by atoms with Crippen LogP contribution in [0.4, 0.5) is 0 Å². The topological polar surface area (TPSA) is 64.3 Å². The lowest BCUT2D eigenvalue weighted by Gasteiger charge is -2.23. The van der Waals surface area contributed by atoms with E-state index < -0.39 is 0 Å². The average molecular weight is 256 g/mol. The molecule has 1 heterocycles. The quantitative estimate of drug-likeness (QED) is 0.483. The summed E-state index contributed by atoms with van der Waals surface area (Å²) in [7, 11) is 0. The lowest BCUT2D eigenvalue weighted by atomic mass is 10.1. The predicted octanol–water partition coefficient (Wildman–Crippen LogP) is 2.37. The maximum absolute atomic E-state index is 11.4. The number of carbonyl (C=O) groups is 1. The van der Waals surface area contributed by atoms with Crippen LogP contribution in [0.3, 0.4) is 0 Å². The Morgan fingerprint density at radius 3 is 2.76 bits per heavy atom. The zero-order valence-electron chi connectivity index (χ0n) is 10.8. The maximum Gasteiger partial charge on any atom is 0.275 e. The molecule has 1 amide bonds. The van der Waals surface area contributed by atoms with Crippen molar-refractivity contribution in [2.75, 3.05) is 0 Å². The predicted molar refractivity (Wildman–Crippen MR) is 69.9 cm³/mol. The first-order valence-electron chi connectivity index (χ1n) is 5.64. The molecular formula is C12H20N2O2S. The number of thiophene rings is 1. The summed E-state index contributed by atoms with van der Waals surface area (Å²) >= 11 is 1.43.